The third-order valence-corrected chi connectivity index (χ3v) is 2.22. The summed E-state index contributed by atoms with van der Waals surface area (Å²) in [5, 5.41) is 3.64. The van der Waals surface area contributed by atoms with Crippen LogP contribution in [-0.2, 0) is 5.88 Å². The first kappa shape index (κ1) is 10.9. The molecule has 1 heterocycles. The molecule has 0 saturated heterocycles. The van der Waals surface area contributed by atoms with E-state index in [1.54, 1.807) is 0 Å². The fourth-order valence-electron chi connectivity index (χ4n) is 1.22. The first-order chi connectivity index (χ1) is 7.74. The van der Waals surface area contributed by atoms with Gasteiger partial charge in [-0.05, 0) is 18.2 Å². The average molecular weight is 243 g/mol. The maximum Gasteiger partial charge on any atom is 0.258 e. The van der Waals surface area contributed by atoms with Gasteiger partial charge in [0, 0.05) is 5.56 Å². The second-order valence-corrected chi connectivity index (χ2v) is 3.27. The van der Waals surface area contributed by atoms with Crippen LogP contribution in [0.5, 0.6) is 5.75 Å². The van der Waals surface area contributed by atoms with Crippen molar-refractivity contribution in [3.05, 3.63) is 29.8 Å². The molecular weight excluding hydrogens is 235 g/mol. The van der Waals surface area contributed by atoms with E-state index in [-0.39, 0.29) is 17.5 Å². The number of aromatic nitrogens is 2. The highest BCUT2D eigenvalue weighted by atomic mass is 35.5. The molecule has 0 fully saturated rings. The molecule has 0 aliphatic rings. The Bertz CT molecular complexity index is 501. The van der Waals surface area contributed by atoms with Gasteiger partial charge >= 0.3 is 0 Å². The van der Waals surface area contributed by atoms with E-state index in [0.29, 0.717) is 11.4 Å². The summed E-state index contributed by atoms with van der Waals surface area (Å²) in [6.45, 7) is 0. The predicted molar refractivity (Wildman–Crippen MR) is 55.8 cm³/mol. The van der Waals surface area contributed by atoms with Gasteiger partial charge in [-0.1, -0.05) is 5.16 Å². The summed E-state index contributed by atoms with van der Waals surface area (Å²) >= 11 is 5.54. The van der Waals surface area contributed by atoms with E-state index in [1.807, 2.05) is 0 Å². The quantitative estimate of drug-likeness (QED) is 0.777. The fourth-order valence-corrected chi connectivity index (χ4v) is 1.33. The van der Waals surface area contributed by atoms with Crippen molar-refractivity contribution in [2.24, 2.45) is 0 Å². The van der Waals surface area contributed by atoms with Gasteiger partial charge in [0.05, 0.1) is 13.0 Å². The maximum absolute atomic E-state index is 13.1. The van der Waals surface area contributed by atoms with Gasteiger partial charge in [-0.25, -0.2) is 4.39 Å². The predicted octanol–water partition coefficient (Wildman–Crippen LogP) is 2.62. The second kappa shape index (κ2) is 4.49. The minimum absolute atomic E-state index is 0.128. The van der Waals surface area contributed by atoms with Gasteiger partial charge in [0.2, 0.25) is 0 Å². The normalized spacial score (nSPS) is 10.4. The van der Waals surface area contributed by atoms with Crippen molar-refractivity contribution < 1.29 is 13.7 Å². The Hall–Kier alpha value is -1.62. The van der Waals surface area contributed by atoms with Crippen LogP contribution in [0.25, 0.3) is 11.5 Å². The number of rotatable bonds is 3. The Morgan fingerprint density at radius 2 is 2.31 bits per heavy atom. The van der Waals surface area contributed by atoms with Crippen LogP contribution in [0.2, 0.25) is 0 Å². The number of alkyl halides is 1. The topological polar surface area (TPSA) is 48.2 Å². The Balaban J connectivity index is 2.40. The molecule has 1 aromatic carbocycles. The molecule has 0 bridgehead atoms. The molecule has 0 aliphatic carbocycles. The molecule has 4 nitrogen and oxygen atoms in total. The number of hydrogen-bond donors (Lipinski definition) is 0. The summed E-state index contributed by atoms with van der Waals surface area (Å²) in [4.78, 5) is 4.02. The van der Waals surface area contributed by atoms with Crippen LogP contribution in [0.15, 0.2) is 22.7 Å². The molecule has 0 spiro atoms. The summed E-state index contributed by atoms with van der Waals surface area (Å²) in [5.41, 5.74) is 0.585. The SMILES string of the molecule is COc1cc(-c2nc(CCl)no2)ccc1F. The van der Waals surface area contributed by atoms with Crippen molar-refractivity contribution in [3.8, 4) is 17.2 Å². The molecule has 16 heavy (non-hydrogen) atoms. The lowest BCUT2D eigenvalue weighted by Crippen LogP contribution is -1.89. The molecule has 1 aromatic heterocycles. The van der Waals surface area contributed by atoms with Crippen LogP contribution in [0.1, 0.15) is 5.82 Å². The number of ether oxygens (including phenoxy) is 1. The molecule has 0 atom stereocenters. The van der Waals surface area contributed by atoms with Crippen molar-refractivity contribution in [3.63, 3.8) is 0 Å². The first-order valence-corrected chi connectivity index (χ1v) is 5.00. The fraction of sp³-hybridized carbons (Fsp3) is 0.200. The van der Waals surface area contributed by atoms with Crippen LogP contribution in [0.4, 0.5) is 4.39 Å². The van der Waals surface area contributed by atoms with Crippen LogP contribution >= 0.6 is 11.6 Å². The molecule has 0 radical (unpaired) electrons. The minimum Gasteiger partial charge on any atom is -0.494 e. The van der Waals surface area contributed by atoms with E-state index >= 15 is 0 Å². The van der Waals surface area contributed by atoms with Crippen molar-refractivity contribution in [2.75, 3.05) is 7.11 Å². The molecule has 0 amide bonds. The molecule has 0 saturated carbocycles. The highest BCUT2D eigenvalue weighted by Gasteiger charge is 2.11. The van der Waals surface area contributed by atoms with Crippen molar-refractivity contribution in [1.82, 2.24) is 10.1 Å². The zero-order valence-corrected chi connectivity index (χ0v) is 9.16. The number of benzene rings is 1. The number of hydrogen-bond acceptors (Lipinski definition) is 4. The largest absolute Gasteiger partial charge is 0.494 e. The lowest BCUT2D eigenvalue weighted by Gasteiger charge is -2.02. The molecular formula is C10H8ClFN2O2. The maximum atomic E-state index is 13.1. The molecule has 0 unspecified atom stereocenters. The standard InChI is InChI=1S/C10H8ClFN2O2/c1-15-8-4-6(2-3-7(8)12)10-13-9(5-11)14-16-10/h2-4H,5H2,1H3. The Kier molecular flexibility index (Phi) is 3.05. The molecule has 2 aromatic rings. The van der Waals surface area contributed by atoms with E-state index in [1.165, 1.54) is 25.3 Å². The number of halogens is 2. The van der Waals surface area contributed by atoms with Gasteiger partial charge in [0.15, 0.2) is 17.4 Å². The molecule has 84 valence electrons. The third-order valence-electron chi connectivity index (χ3n) is 1.99. The lowest BCUT2D eigenvalue weighted by molar-refractivity contribution is 0.386. The van der Waals surface area contributed by atoms with Crippen LogP contribution in [-0.4, -0.2) is 17.3 Å². The highest BCUT2D eigenvalue weighted by Crippen LogP contribution is 2.25. The molecule has 0 N–H and O–H groups in total. The Morgan fingerprint density at radius 1 is 1.50 bits per heavy atom. The minimum atomic E-state index is -0.441. The zero-order valence-electron chi connectivity index (χ0n) is 8.41. The summed E-state index contributed by atoms with van der Waals surface area (Å²) in [6.07, 6.45) is 0. The second-order valence-electron chi connectivity index (χ2n) is 3.00. The van der Waals surface area contributed by atoms with Crippen LogP contribution < -0.4 is 4.74 Å². The highest BCUT2D eigenvalue weighted by molar-refractivity contribution is 6.16. The van der Waals surface area contributed by atoms with Gasteiger partial charge in [-0.3, -0.25) is 0 Å². The van der Waals surface area contributed by atoms with Gasteiger partial charge in [0.1, 0.15) is 0 Å². The van der Waals surface area contributed by atoms with Gasteiger partial charge in [-0.15, -0.1) is 11.6 Å². The molecule has 0 aliphatic heterocycles. The Labute approximate surface area is 96.0 Å². The van der Waals surface area contributed by atoms with Crippen LogP contribution in [0, 0.1) is 5.82 Å². The number of methoxy groups -OCH3 is 1. The summed E-state index contributed by atoms with van der Waals surface area (Å²) < 4.78 is 23.0. The molecule has 2 rings (SSSR count). The van der Waals surface area contributed by atoms with Crippen LogP contribution in [0.3, 0.4) is 0 Å². The van der Waals surface area contributed by atoms with Crippen molar-refractivity contribution >= 4 is 11.6 Å². The third kappa shape index (κ3) is 1.99. The zero-order chi connectivity index (χ0) is 11.5. The van der Waals surface area contributed by atoms with E-state index in [2.05, 4.69) is 10.1 Å². The number of nitrogens with zero attached hydrogens (tertiary/aromatic N) is 2. The van der Waals surface area contributed by atoms with E-state index < -0.39 is 5.82 Å². The summed E-state index contributed by atoms with van der Waals surface area (Å²) in [6, 6.07) is 4.29. The summed E-state index contributed by atoms with van der Waals surface area (Å²) in [7, 11) is 1.39. The van der Waals surface area contributed by atoms with E-state index in [4.69, 9.17) is 20.9 Å². The van der Waals surface area contributed by atoms with E-state index in [0.717, 1.165) is 0 Å². The van der Waals surface area contributed by atoms with Gasteiger partial charge in [0.25, 0.3) is 5.89 Å². The molecule has 6 heteroatoms. The monoisotopic (exact) mass is 242 g/mol. The first-order valence-electron chi connectivity index (χ1n) is 4.47. The van der Waals surface area contributed by atoms with E-state index in [9.17, 15) is 4.39 Å². The smallest absolute Gasteiger partial charge is 0.258 e. The Morgan fingerprint density at radius 3 is 2.94 bits per heavy atom. The van der Waals surface area contributed by atoms with Gasteiger partial charge in [-0.2, -0.15) is 4.98 Å². The van der Waals surface area contributed by atoms with Gasteiger partial charge < -0.3 is 9.26 Å². The van der Waals surface area contributed by atoms with Crippen molar-refractivity contribution in [2.45, 2.75) is 5.88 Å². The lowest BCUT2D eigenvalue weighted by atomic mass is 10.2. The average Bonchev–Trinajstić information content (AvgIpc) is 2.78. The summed E-state index contributed by atoms with van der Waals surface area (Å²) in [5.74, 6) is 0.530. The van der Waals surface area contributed by atoms with Crippen molar-refractivity contribution in [1.29, 1.82) is 0 Å².